The number of ether oxygens (including phenoxy) is 1. The van der Waals surface area contributed by atoms with E-state index in [1.807, 2.05) is 0 Å². The number of nitro benzene ring substituents is 1. The number of hydrogen-bond acceptors (Lipinski definition) is 6. The van der Waals surface area contributed by atoms with Crippen LogP contribution in [0.3, 0.4) is 0 Å². The quantitative estimate of drug-likeness (QED) is 0.548. The summed E-state index contributed by atoms with van der Waals surface area (Å²) in [6.07, 6.45) is 0. The maximum atomic E-state index is 12.4. The minimum atomic E-state index is -3.23. The van der Waals surface area contributed by atoms with Crippen LogP contribution in [-0.2, 0) is 9.84 Å². The Balaban J connectivity index is 3.05. The number of sulfone groups is 1. The number of carbonyl (C=O) groups excluding carboxylic acids is 1. The van der Waals surface area contributed by atoms with Gasteiger partial charge in [-0.3, -0.25) is 14.9 Å². The molecule has 0 saturated carbocycles. The number of nitrogens with zero attached hydrogens (tertiary/aromatic N) is 2. The van der Waals surface area contributed by atoms with E-state index >= 15 is 0 Å². The molecule has 0 radical (unpaired) electrons. The van der Waals surface area contributed by atoms with Gasteiger partial charge in [0, 0.05) is 30.5 Å². The number of rotatable bonds is 7. The second kappa shape index (κ2) is 7.40. The third-order valence-electron chi connectivity index (χ3n) is 3.54. The maximum absolute atomic E-state index is 12.4. The fraction of sp³-hybridized carbons (Fsp3) is 0.500. The van der Waals surface area contributed by atoms with Gasteiger partial charge < -0.3 is 9.64 Å². The molecular formula is C14H20N2O6S. The predicted octanol–water partition coefficient (Wildman–Crippen LogP) is 1.50. The second-order valence-corrected chi connectivity index (χ2v) is 7.51. The molecule has 0 aliphatic heterocycles. The topological polar surface area (TPSA) is 107 Å². The summed E-state index contributed by atoms with van der Waals surface area (Å²) in [7, 11) is -0.468. The Morgan fingerprint density at radius 2 is 2.04 bits per heavy atom. The SMILES string of the molecule is CCS(=O)(=O)C[C@H](C)N(C)C(=O)c1ccc(OC)c([N+](=O)[O-])c1. The van der Waals surface area contributed by atoms with Crippen molar-refractivity contribution in [2.75, 3.05) is 25.7 Å². The lowest BCUT2D eigenvalue weighted by Crippen LogP contribution is -2.39. The van der Waals surface area contributed by atoms with Crippen molar-refractivity contribution in [3.63, 3.8) is 0 Å². The van der Waals surface area contributed by atoms with Crippen LogP contribution in [0, 0.1) is 10.1 Å². The average molecular weight is 344 g/mol. The van der Waals surface area contributed by atoms with Crippen LogP contribution in [0.4, 0.5) is 5.69 Å². The smallest absolute Gasteiger partial charge is 0.311 e. The van der Waals surface area contributed by atoms with Gasteiger partial charge >= 0.3 is 5.69 Å². The molecule has 0 heterocycles. The minimum Gasteiger partial charge on any atom is -0.490 e. The van der Waals surface area contributed by atoms with Crippen molar-refractivity contribution < 1.29 is 22.9 Å². The largest absolute Gasteiger partial charge is 0.490 e. The highest BCUT2D eigenvalue weighted by molar-refractivity contribution is 7.91. The van der Waals surface area contributed by atoms with E-state index < -0.39 is 26.7 Å². The maximum Gasteiger partial charge on any atom is 0.311 e. The molecule has 8 nitrogen and oxygen atoms in total. The van der Waals surface area contributed by atoms with E-state index in [0.717, 1.165) is 6.07 Å². The molecule has 0 fully saturated rings. The third-order valence-corrected chi connectivity index (χ3v) is 5.41. The third kappa shape index (κ3) is 4.65. The highest BCUT2D eigenvalue weighted by Gasteiger charge is 2.24. The molecule has 0 N–H and O–H groups in total. The molecule has 0 bridgehead atoms. The molecule has 0 spiro atoms. The number of methoxy groups -OCH3 is 1. The number of amides is 1. The first kappa shape index (κ1) is 18.9. The van der Waals surface area contributed by atoms with Crippen LogP contribution >= 0.6 is 0 Å². The van der Waals surface area contributed by atoms with Crippen LogP contribution in [-0.4, -0.2) is 55.9 Å². The standard InChI is InChI=1S/C14H20N2O6S/c1-5-23(20,21)9-10(2)15(3)14(17)11-6-7-13(22-4)12(8-11)16(18)19/h6-8,10H,5,9H2,1-4H3/t10-/m0/s1. The molecule has 9 heteroatoms. The highest BCUT2D eigenvalue weighted by atomic mass is 32.2. The van der Waals surface area contributed by atoms with Gasteiger partial charge in [-0.25, -0.2) is 8.42 Å². The second-order valence-electron chi connectivity index (χ2n) is 5.11. The molecule has 0 aromatic heterocycles. The molecule has 0 unspecified atom stereocenters. The summed E-state index contributed by atoms with van der Waals surface area (Å²) in [6.45, 7) is 3.15. The zero-order valence-corrected chi connectivity index (χ0v) is 14.3. The summed E-state index contributed by atoms with van der Waals surface area (Å²) in [5.74, 6) is -0.609. The van der Waals surface area contributed by atoms with Crippen molar-refractivity contribution in [3.8, 4) is 5.75 Å². The van der Waals surface area contributed by atoms with Gasteiger partial charge in [0.1, 0.15) is 0 Å². The van der Waals surface area contributed by atoms with Crippen LogP contribution in [0.1, 0.15) is 24.2 Å². The van der Waals surface area contributed by atoms with Crippen molar-refractivity contribution in [2.24, 2.45) is 0 Å². The Labute approximate surface area is 135 Å². The van der Waals surface area contributed by atoms with Gasteiger partial charge in [-0.2, -0.15) is 0 Å². The van der Waals surface area contributed by atoms with Gasteiger partial charge in [-0.1, -0.05) is 6.92 Å². The fourth-order valence-electron chi connectivity index (χ4n) is 1.97. The van der Waals surface area contributed by atoms with E-state index in [0.29, 0.717) is 0 Å². The first-order chi connectivity index (χ1) is 10.6. The molecule has 1 amide bonds. The van der Waals surface area contributed by atoms with Crippen molar-refractivity contribution in [1.82, 2.24) is 4.90 Å². The van der Waals surface area contributed by atoms with Gasteiger partial charge in [0.05, 0.1) is 17.8 Å². The first-order valence-electron chi connectivity index (χ1n) is 6.93. The molecule has 0 aliphatic carbocycles. The number of benzene rings is 1. The Hall–Kier alpha value is -2.16. The summed E-state index contributed by atoms with van der Waals surface area (Å²) < 4.78 is 28.2. The molecule has 23 heavy (non-hydrogen) atoms. The zero-order chi connectivity index (χ0) is 17.8. The lowest BCUT2D eigenvalue weighted by atomic mass is 10.1. The summed E-state index contributed by atoms with van der Waals surface area (Å²) in [5.41, 5.74) is -0.221. The Morgan fingerprint density at radius 1 is 1.43 bits per heavy atom. The lowest BCUT2D eigenvalue weighted by molar-refractivity contribution is -0.385. The van der Waals surface area contributed by atoms with E-state index in [2.05, 4.69) is 0 Å². The molecular weight excluding hydrogens is 324 g/mol. The molecule has 1 aromatic rings. The van der Waals surface area contributed by atoms with E-state index in [-0.39, 0.29) is 28.5 Å². The number of carbonyl (C=O) groups is 1. The predicted molar refractivity (Wildman–Crippen MR) is 85.5 cm³/mol. The van der Waals surface area contributed by atoms with Crippen LogP contribution in [0.15, 0.2) is 18.2 Å². The summed E-state index contributed by atoms with van der Waals surface area (Å²) >= 11 is 0. The Morgan fingerprint density at radius 3 is 2.52 bits per heavy atom. The van der Waals surface area contributed by atoms with Gasteiger partial charge in [0.25, 0.3) is 5.91 Å². The lowest BCUT2D eigenvalue weighted by Gasteiger charge is -2.24. The molecule has 0 aliphatic rings. The molecule has 128 valence electrons. The highest BCUT2D eigenvalue weighted by Crippen LogP contribution is 2.28. The minimum absolute atomic E-state index is 0.00657. The molecule has 1 rings (SSSR count). The van der Waals surface area contributed by atoms with Gasteiger partial charge in [0.15, 0.2) is 15.6 Å². The van der Waals surface area contributed by atoms with Gasteiger partial charge in [0.2, 0.25) is 0 Å². The Kier molecular flexibility index (Phi) is 6.08. The van der Waals surface area contributed by atoms with Gasteiger partial charge in [-0.05, 0) is 19.1 Å². The zero-order valence-electron chi connectivity index (χ0n) is 13.5. The van der Waals surface area contributed by atoms with E-state index in [1.165, 1.54) is 38.1 Å². The van der Waals surface area contributed by atoms with Crippen molar-refractivity contribution in [2.45, 2.75) is 19.9 Å². The summed E-state index contributed by atoms with van der Waals surface area (Å²) in [5, 5.41) is 11.0. The fourth-order valence-corrected chi connectivity index (χ4v) is 3.16. The number of nitro groups is 1. The monoisotopic (exact) mass is 344 g/mol. The van der Waals surface area contributed by atoms with Crippen LogP contribution in [0.2, 0.25) is 0 Å². The summed E-state index contributed by atoms with van der Waals surface area (Å²) in [4.78, 5) is 24.0. The van der Waals surface area contributed by atoms with Crippen LogP contribution in [0.25, 0.3) is 0 Å². The van der Waals surface area contributed by atoms with Crippen molar-refractivity contribution >= 4 is 21.4 Å². The molecule has 1 aromatic carbocycles. The van der Waals surface area contributed by atoms with Crippen molar-refractivity contribution in [1.29, 1.82) is 0 Å². The van der Waals surface area contributed by atoms with Crippen molar-refractivity contribution in [3.05, 3.63) is 33.9 Å². The first-order valence-corrected chi connectivity index (χ1v) is 8.75. The normalized spacial score (nSPS) is 12.5. The van der Waals surface area contributed by atoms with E-state index in [1.54, 1.807) is 6.92 Å². The Bertz CT molecular complexity index is 701. The van der Waals surface area contributed by atoms with Crippen LogP contribution in [0.5, 0.6) is 5.75 Å². The number of hydrogen-bond donors (Lipinski definition) is 0. The van der Waals surface area contributed by atoms with Crippen LogP contribution < -0.4 is 4.74 Å². The van der Waals surface area contributed by atoms with E-state index in [9.17, 15) is 23.3 Å². The average Bonchev–Trinajstić information content (AvgIpc) is 2.52. The van der Waals surface area contributed by atoms with Gasteiger partial charge in [-0.15, -0.1) is 0 Å². The summed E-state index contributed by atoms with van der Waals surface area (Å²) in [6, 6.07) is 3.32. The molecule has 1 atom stereocenters. The molecule has 0 saturated heterocycles. The van der Waals surface area contributed by atoms with E-state index in [4.69, 9.17) is 4.74 Å².